The first-order valence-corrected chi connectivity index (χ1v) is 7.65. The summed E-state index contributed by atoms with van der Waals surface area (Å²) in [5.41, 5.74) is 4.27. The molecule has 1 aliphatic carbocycles. The second-order valence-corrected chi connectivity index (χ2v) is 5.81. The summed E-state index contributed by atoms with van der Waals surface area (Å²) in [4.78, 5) is 4.19. The fourth-order valence-corrected chi connectivity index (χ4v) is 3.09. The van der Waals surface area contributed by atoms with Gasteiger partial charge in [0.05, 0.1) is 18.6 Å². The maximum Gasteiger partial charge on any atom is 0.0946 e. The molecule has 0 fully saturated rings. The third kappa shape index (κ3) is 2.66. The molecule has 0 aliphatic heterocycles. The lowest BCUT2D eigenvalue weighted by Crippen LogP contribution is -2.24. The molecular formula is C16H24N4. The Labute approximate surface area is 120 Å². The van der Waals surface area contributed by atoms with Crippen molar-refractivity contribution in [1.29, 1.82) is 0 Å². The van der Waals surface area contributed by atoms with Gasteiger partial charge in [0.1, 0.15) is 0 Å². The van der Waals surface area contributed by atoms with Crippen LogP contribution in [0.3, 0.4) is 0 Å². The van der Waals surface area contributed by atoms with E-state index in [1.165, 1.54) is 42.5 Å². The highest BCUT2D eigenvalue weighted by Crippen LogP contribution is 2.30. The average molecular weight is 272 g/mol. The summed E-state index contributed by atoms with van der Waals surface area (Å²) in [5.74, 6) is 0. The summed E-state index contributed by atoms with van der Waals surface area (Å²) < 4.78 is 4.40. The predicted molar refractivity (Wildman–Crippen MR) is 80.7 cm³/mol. The summed E-state index contributed by atoms with van der Waals surface area (Å²) in [6, 6.07) is 0.548. The lowest BCUT2D eigenvalue weighted by atomic mass is 9.91. The van der Waals surface area contributed by atoms with Crippen molar-refractivity contribution in [2.24, 2.45) is 7.05 Å². The van der Waals surface area contributed by atoms with Gasteiger partial charge in [0, 0.05) is 31.7 Å². The summed E-state index contributed by atoms with van der Waals surface area (Å²) >= 11 is 0. The van der Waals surface area contributed by atoms with Crippen LogP contribution in [-0.2, 0) is 20.0 Å². The van der Waals surface area contributed by atoms with E-state index >= 15 is 0 Å². The first-order valence-electron chi connectivity index (χ1n) is 7.65. The molecule has 0 spiro atoms. The second-order valence-electron chi connectivity index (χ2n) is 5.81. The van der Waals surface area contributed by atoms with Crippen LogP contribution in [0.15, 0.2) is 24.9 Å². The smallest absolute Gasteiger partial charge is 0.0946 e. The van der Waals surface area contributed by atoms with E-state index in [9.17, 15) is 0 Å². The minimum Gasteiger partial charge on any atom is -0.348 e. The van der Waals surface area contributed by atoms with Crippen LogP contribution in [0.5, 0.6) is 0 Å². The fourth-order valence-electron chi connectivity index (χ4n) is 3.09. The lowest BCUT2D eigenvalue weighted by molar-refractivity contribution is 0.462. The Bertz CT molecular complexity index is 567. The van der Waals surface area contributed by atoms with Crippen molar-refractivity contribution in [3.05, 3.63) is 41.7 Å². The molecule has 2 aromatic rings. The van der Waals surface area contributed by atoms with E-state index < -0.39 is 0 Å². The van der Waals surface area contributed by atoms with Crippen molar-refractivity contribution in [2.45, 2.75) is 45.2 Å². The number of nitrogens with zero attached hydrogens (tertiary/aromatic N) is 3. The Morgan fingerprint density at radius 2 is 2.30 bits per heavy atom. The molecule has 4 nitrogen and oxygen atoms in total. The van der Waals surface area contributed by atoms with Gasteiger partial charge in [-0.3, -0.25) is 0 Å². The van der Waals surface area contributed by atoms with Crippen LogP contribution < -0.4 is 5.32 Å². The van der Waals surface area contributed by atoms with E-state index in [0.29, 0.717) is 6.04 Å². The molecule has 2 aromatic heterocycles. The molecule has 20 heavy (non-hydrogen) atoms. The zero-order valence-corrected chi connectivity index (χ0v) is 12.5. The summed E-state index contributed by atoms with van der Waals surface area (Å²) in [5, 5.41) is 3.68. The first kappa shape index (κ1) is 13.4. The molecule has 1 atom stereocenters. The minimum atomic E-state index is 0.548. The second kappa shape index (κ2) is 5.83. The van der Waals surface area contributed by atoms with Gasteiger partial charge in [-0.2, -0.15) is 0 Å². The van der Waals surface area contributed by atoms with Crippen LogP contribution >= 0.6 is 0 Å². The van der Waals surface area contributed by atoms with Gasteiger partial charge in [-0.05, 0) is 43.4 Å². The number of fused-ring (bicyclic) bond motifs is 1. The SMILES string of the molecule is CCCNC1CCCc2cn(Cc3cncn3C)cc21. The van der Waals surface area contributed by atoms with Gasteiger partial charge in [0.15, 0.2) is 0 Å². The molecule has 0 bridgehead atoms. The number of aromatic nitrogens is 3. The third-order valence-corrected chi connectivity index (χ3v) is 4.21. The van der Waals surface area contributed by atoms with Crippen LogP contribution in [0.25, 0.3) is 0 Å². The average Bonchev–Trinajstić information content (AvgIpc) is 3.03. The van der Waals surface area contributed by atoms with Gasteiger partial charge in [-0.15, -0.1) is 0 Å². The summed E-state index contributed by atoms with van der Waals surface area (Å²) in [6.07, 6.45) is 13.4. The lowest BCUT2D eigenvalue weighted by Gasteiger charge is -2.23. The number of aryl methyl sites for hydroxylation is 2. The highest BCUT2D eigenvalue weighted by Gasteiger charge is 2.21. The monoisotopic (exact) mass is 272 g/mol. The Hall–Kier alpha value is -1.55. The molecule has 0 saturated heterocycles. The number of hydrogen-bond donors (Lipinski definition) is 1. The van der Waals surface area contributed by atoms with Crippen molar-refractivity contribution in [3.63, 3.8) is 0 Å². The molecule has 108 valence electrons. The van der Waals surface area contributed by atoms with E-state index in [-0.39, 0.29) is 0 Å². The fraction of sp³-hybridized carbons (Fsp3) is 0.562. The van der Waals surface area contributed by atoms with Gasteiger partial charge >= 0.3 is 0 Å². The van der Waals surface area contributed by atoms with Crippen LogP contribution in [0, 0.1) is 0 Å². The van der Waals surface area contributed by atoms with Crippen molar-refractivity contribution >= 4 is 0 Å². The van der Waals surface area contributed by atoms with E-state index in [1.54, 1.807) is 0 Å². The third-order valence-electron chi connectivity index (χ3n) is 4.21. The van der Waals surface area contributed by atoms with Gasteiger partial charge in [-0.25, -0.2) is 4.98 Å². The number of rotatable bonds is 5. The highest BCUT2D eigenvalue weighted by molar-refractivity contribution is 5.30. The van der Waals surface area contributed by atoms with E-state index in [4.69, 9.17) is 0 Å². The molecule has 0 amide bonds. The molecule has 0 radical (unpaired) electrons. The summed E-state index contributed by atoms with van der Waals surface area (Å²) in [7, 11) is 2.05. The van der Waals surface area contributed by atoms with E-state index in [2.05, 4.69) is 45.8 Å². The highest BCUT2D eigenvalue weighted by atomic mass is 15.1. The Morgan fingerprint density at radius 1 is 1.40 bits per heavy atom. The zero-order chi connectivity index (χ0) is 13.9. The quantitative estimate of drug-likeness (QED) is 0.908. The van der Waals surface area contributed by atoms with Gasteiger partial charge in [0.25, 0.3) is 0 Å². The minimum absolute atomic E-state index is 0.548. The standard InChI is InChI=1S/C16H24N4/c1-3-7-18-16-6-4-5-13-9-20(11-15(13)16)10-14-8-17-12-19(14)2/h8-9,11-12,16,18H,3-7,10H2,1-2H3. The van der Waals surface area contributed by atoms with Crippen molar-refractivity contribution < 1.29 is 0 Å². The number of imidazole rings is 1. The van der Waals surface area contributed by atoms with Crippen molar-refractivity contribution in [1.82, 2.24) is 19.4 Å². The van der Waals surface area contributed by atoms with Crippen molar-refractivity contribution in [2.75, 3.05) is 6.54 Å². The number of hydrogen-bond acceptors (Lipinski definition) is 2. The molecule has 3 rings (SSSR count). The zero-order valence-electron chi connectivity index (χ0n) is 12.5. The predicted octanol–water partition coefficient (Wildman–Crippen LogP) is 2.65. The molecule has 1 aliphatic rings. The molecule has 4 heteroatoms. The first-order chi connectivity index (χ1) is 9.78. The van der Waals surface area contributed by atoms with E-state index in [1.807, 2.05) is 12.5 Å². The maximum absolute atomic E-state index is 4.19. The molecule has 0 saturated carbocycles. The van der Waals surface area contributed by atoms with Crippen LogP contribution in [-0.4, -0.2) is 20.7 Å². The Balaban J connectivity index is 1.78. The van der Waals surface area contributed by atoms with Crippen molar-refractivity contribution in [3.8, 4) is 0 Å². The molecule has 0 aromatic carbocycles. The topological polar surface area (TPSA) is 34.8 Å². The summed E-state index contributed by atoms with van der Waals surface area (Å²) in [6.45, 7) is 4.24. The molecule has 1 unspecified atom stereocenters. The molecule has 2 heterocycles. The van der Waals surface area contributed by atoms with Gasteiger partial charge < -0.3 is 14.5 Å². The Kier molecular flexibility index (Phi) is 3.92. The number of nitrogens with one attached hydrogen (secondary N) is 1. The molecule has 1 N–H and O–H groups in total. The molecular weight excluding hydrogens is 248 g/mol. The Morgan fingerprint density at radius 3 is 3.05 bits per heavy atom. The van der Waals surface area contributed by atoms with Crippen LogP contribution in [0.2, 0.25) is 0 Å². The van der Waals surface area contributed by atoms with Crippen LogP contribution in [0.1, 0.15) is 49.0 Å². The van der Waals surface area contributed by atoms with Crippen LogP contribution in [0.4, 0.5) is 0 Å². The maximum atomic E-state index is 4.19. The van der Waals surface area contributed by atoms with Gasteiger partial charge in [0.2, 0.25) is 0 Å². The largest absolute Gasteiger partial charge is 0.348 e. The normalized spacial score (nSPS) is 18.2. The van der Waals surface area contributed by atoms with E-state index in [0.717, 1.165) is 13.1 Å². The van der Waals surface area contributed by atoms with Gasteiger partial charge in [-0.1, -0.05) is 6.92 Å².